The van der Waals surface area contributed by atoms with Gasteiger partial charge in [-0.1, -0.05) is 40.5 Å². The zero-order valence-corrected chi connectivity index (χ0v) is 16.0. The van der Waals surface area contributed by atoms with E-state index in [9.17, 15) is 0 Å². The summed E-state index contributed by atoms with van der Waals surface area (Å²) in [5.74, 6) is 0. The number of unbranched alkanes of at least 4 members (excludes halogenated alkanes) is 1. The van der Waals surface area contributed by atoms with Crippen molar-refractivity contribution in [3.63, 3.8) is 0 Å². The standard InChI is InChI=1S/C13H27OSi.2CH3.Al/c1-12(2)10-8-9-11-14-15(6,7)13(3,4)5;;;/h1H,8-11H2,2-7H3;2*1H3;/q3*-1;+3. The Morgan fingerprint density at radius 1 is 1.11 bits per heavy atom. The van der Waals surface area contributed by atoms with Gasteiger partial charge in [0.1, 0.15) is 0 Å². The molecule has 3 heteroatoms. The van der Waals surface area contributed by atoms with E-state index in [2.05, 4.69) is 33.9 Å². The van der Waals surface area contributed by atoms with Crippen LogP contribution in [0.25, 0.3) is 0 Å². The fourth-order valence-corrected chi connectivity index (χ4v) is 2.14. The molecule has 106 valence electrons. The van der Waals surface area contributed by atoms with Gasteiger partial charge >= 0.3 is 17.4 Å². The summed E-state index contributed by atoms with van der Waals surface area (Å²) in [6.07, 6.45) is 3.30. The third kappa shape index (κ3) is 11.5. The molecule has 0 aliphatic rings. The van der Waals surface area contributed by atoms with E-state index in [1.165, 1.54) is 0 Å². The van der Waals surface area contributed by atoms with Gasteiger partial charge in [0.05, 0.1) is 0 Å². The normalized spacial score (nSPS) is 10.8. The fraction of sp³-hybridized carbons (Fsp3) is 0.733. The largest absolute Gasteiger partial charge is 3.00 e. The van der Waals surface area contributed by atoms with Crippen LogP contribution in [-0.2, 0) is 4.43 Å². The maximum absolute atomic E-state index is 6.06. The molecule has 1 nitrogen and oxygen atoms in total. The Balaban J connectivity index is -0.000000327. The van der Waals surface area contributed by atoms with Gasteiger partial charge in [0, 0.05) is 6.61 Å². The summed E-state index contributed by atoms with van der Waals surface area (Å²) in [6, 6.07) is 0. The van der Waals surface area contributed by atoms with E-state index in [1.807, 2.05) is 6.92 Å². The van der Waals surface area contributed by atoms with Crippen LogP contribution in [0.5, 0.6) is 0 Å². The van der Waals surface area contributed by atoms with Crippen molar-refractivity contribution in [2.75, 3.05) is 6.61 Å². The number of hydrogen-bond donors (Lipinski definition) is 0. The predicted molar refractivity (Wildman–Crippen MR) is 89.1 cm³/mol. The molecule has 0 saturated carbocycles. The molecule has 0 saturated heterocycles. The zero-order valence-electron chi connectivity index (χ0n) is 13.9. The average Bonchev–Trinajstić information content (AvgIpc) is 2.00. The van der Waals surface area contributed by atoms with Crippen LogP contribution in [-0.4, -0.2) is 32.3 Å². The van der Waals surface area contributed by atoms with Gasteiger partial charge in [0.2, 0.25) is 0 Å². The number of allylic oxidation sites excluding steroid dienone is 1. The molecular weight excluding hydrogens is 251 g/mol. The van der Waals surface area contributed by atoms with E-state index in [0.717, 1.165) is 31.4 Å². The van der Waals surface area contributed by atoms with Crippen LogP contribution < -0.4 is 0 Å². The molecule has 0 heterocycles. The minimum atomic E-state index is -1.52. The second-order valence-corrected chi connectivity index (χ2v) is 10.7. The van der Waals surface area contributed by atoms with Gasteiger partial charge in [-0.05, 0) is 24.6 Å². The van der Waals surface area contributed by atoms with E-state index in [-0.39, 0.29) is 32.2 Å². The maximum Gasteiger partial charge on any atom is 3.00 e. The summed E-state index contributed by atoms with van der Waals surface area (Å²) in [6.45, 7) is 19.9. The van der Waals surface area contributed by atoms with Crippen molar-refractivity contribution in [2.45, 2.75) is 65.1 Å². The average molecular weight is 284 g/mol. The molecule has 0 aromatic carbocycles. The van der Waals surface area contributed by atoms with Gasteiger partial charge < -0.3 is 25.9 Å². The summed E-state index contributed by atoms with van der Waals surface area (Å²) in [5.41, 5.74) is 1.03. The van der Waals surface area contributed by atoms with Crippen molar-refractivity contribution in [2.24, 2.45) is 0 Å². The first-order valence-corrected chi connectivity index (χ1v) is 8.79. The van der Waals surface area contributed by atoms with E-state index in [0.29, 0.717) is 5.04 Å². The van der Waals surface area contributed by atoms with Gasteiger partial charge in [-0.25, -0.2) is 0 Å². The summed E-state index contributed by atoms with van der Waals surface area (Å²) in [5, 5.41) is 0.322. The first-order valence-electron chi connectivity index (χ1n) is 5.89. The molecule has 0 rings (SSSR count). The van der Waals surface area contributed by atoms with Crippen LogP contribution in [0.1, 0.15) is 47.0 Å². The molecule has 0 atom stereocenters. The van der Waals surface area contributed by atoms with Crippen molar-refractivity contribution in [1.29, 1.82) is 0 Å². The molecule has 0 aliphatic heterocycles. The topological polar surface area (TPSA) is 9.23 Å². The quantitative estimate of drug-likeness (QED) is 0.375. The molecule has 0 bridgehead atoms. The molecule has 0 N–H and O–H groups in total. The fourth-order valence-electron chi connectivity index (χ4n) is 1.05. The van der Waals surface area contributed by atoms with Crippen LogP contribution in [0.4, 0.5) is 0 Å². The monoisotopic (exact) mass is 284 g/mol. The molecule has 0 spiro atoms. The maximum atomic E-state index is 6.06. The first kappa shape index (κ1) is 26.9. The molecule has 0 aliphatic carbocycles. The Morgan fingerprint density at radius 2 is 1.56 bits per heavy atom. The SMILES string of the molecule is [Al+3].[CH-]=C(C)CCCCO[Si](C)(C)C(C)(C)C.[CH3-].[CH3-]. The molecule has 0 aromatic rings. The van der Waals surface area contributed by atoms with Gasteiger partial charge in [-0.3, -0.25) is 5.57 Å². The molecule has 0 radical (unpaired) electrons. The van der Waals surface area contributed by atoms with Crippen molar-refractivity contribution >= 4 is 25.7 Å². The summed E-state index contributed by atoms with van der Waals surface area (Å²) >= 11 is 0. The van der Waals surface area contributed by atoms with E-state index >= 15 is 0 Å². The summed E-state index contributed by atoms with van der Waals surface area (Å²) < 4.78 is 6.06. The summed E-state index contributed by atoms with van der Waals surface area (Å²) in [7, 11) is -1.52. The summed E-state index contributed by atoms with van der Waals surface area (Å²) in [4.78, 5) is 0. The van der Waals surface area contributed by atoms with Gasteiger partial charge in [-0.2, -0.15) is 0 Å². The van der Waals surface area contributed by atoms with E-state index in [4.69, 9.17) is 11.0 Å². The minimum Gasteiger partial charge on any atom is -0.515 e. The van der Waals surface area contributed by atoms with Crippen molar-refractivity contribution < 1.29 is 4.43 Å². The number of rotatable bonds is 6. The first-order chi connectivity index (χ1) is 6.67. The molecular formula is C15H33AlOSi. The third-order valence-electron chi connectivity index (χ3n) is 3.23. The van der Waals surface area contributed by atoms with Crippen LogP contribution in [0, 0.1) is 21.4 Å². The van der Waals surface area contributed by atoms with Crippen LogP contribution in [0.2, 0.25) is 18.1 Å². The smallest absolute Gasteiger partial charge is 0.515 e. The number of hydrogen-bond acceptors (Lipinski definition) is 1. The van der Waals surface area contributed by atoms with Gasteiger partial charge in [0.15, 0.2) is 8.32 Å². The van der Waals surface area contributed by atoms with Crippen molar-refractivity contribution in [1.82, 2.24) is 0 Å². The van der Waals surface area contributed by atoms with Crippen LogP contribution in [0.15, 0.2) is 5.57 Å². The molecule has 0 fully saturated rings. The molecule has 0 unspecified atom stereocenters. The van der Waals surface area contributed by atoms with Gasteiger partial charge in [0.25, 0.3) is 0 Å². The Hall–Kier alpha value is 0.449. The zero-order chi connectivity index (χ0) is 12.1. The second kappa shape index (κ2) is 11.3. The predicted octanol–water partition coefficient (Wildman–Crippen LogP) is 5.08. The molecule has 0 amide bonds. The Labute approximate surface area is 129 Å². The Kier molecular flexibility index (Phi) is 16.9. The Morgan fingerprint density at radius 3 is 1.89 bits per heavy atom. The molecule has 0 aromatic heterocycles. The van der Waals surface area contributed by atoms with E-state index in [1.54, 1.807) is 0 Å². The van der Waals surface area contributed by atoms with Gasteiger partial charge in [-0.15, -0.1) is 0 Å². The van der Waals surface area contributed by atoms with Crippen LogP contribution >= 0.6 is 0 Å². The van der Waals surface area contributed by atoms with Crippen LogP contribution in [0.3, 0.4) is 0 Å². The second-order valence-electron chi connectivity index (χ2n) is 5.91. The van der Waals surface area contributed by atoms with Crippen molar-refractivity contribution in [3.8, 4) is 0 Å². The van der Waals surface area contributed by atoms with Crippen molar-refractivity contribution in [3.05, 3.63) is 27.0 Å². The van der Waals surface area contributed by atoms with E-state index < -0.39 is 8.32 Å². The Bertz CT molecular complexity index is 207. The third-order valence-corrected chi connectivity index (χ3v) is 7.77. The molecule has 18 heavy (non-hydrogen) atoms. The minimum absolute atomic E-state index is 0.